The van der Waals surface area contributed by atoms with E-state index in [9.17, 15) is 14.0 Å². The molecule has 2 N–H and O–H groups in total. The fourth-order valence-corrected chi connectivity index (χ4v) is 4.71. The molecule has 10 heteroatoms. The van der Waals surface area contributed by atoms with E-state index < -0.39 is 0 Å². The van der Waals surface area contributed by atoms with Gasteiger partial charge >= 0.3 is 0 Å². The van der Waals surface area contributed by atoms with Crippen molar-refractivity contribution < 1.29 is 18.7 Å². The first-order valence-corrected chi connectivity index (χ1v) is 13.0. The summed E-state index contributed by atoms with van der Waals surface area (Å²) in [6, 6.07) is 23.0. The van der Waals surface area contributed by atoms with E-state index in [0.29, 0.717) is 54.1 Å². The van der Waals surface area contributed by atoms with Gasteiger partial charge < -0.3 is 20.3 Å². The molecular formula is C28H26FN5O3S. The van der Waals surface area contributed by atoms with Crippen molar-refractivity contribution in [2.45, 2.75) is 0 Å². The minimum absolute atomic E-state index is 0.120. The Bertz CT molecular complexity index is 1390. The van der Waals surface area contributed by atoms with Gasteiger partial charge in [0.05, 0.1) is 12.2 Å². The SMILES string of the molecule is O=C(CN1CCN(C(=O)c2csc(Nc3ccccc3F)n2)CC1)Nc1ccc(Oc2ccccc2)cc1. The first kappa shape index (κ1) is 25.4. The number of rotatable bonds is 8. The Hall–Kier alpha value is -4.28. The summed E-state index contributed by atoms with van der Waals surface area (Å²) in [5, 5.41) is 7.94. The molecule has 5 rings (SSSR count). The second kappa shape index (κ2) is 11.8. The maximum absolute atomic E-state index is 13.9. The van der Waals surface area contributed by atoms with Crippen molar-refractivity contribution in [3.63, 3.8) is 0 Å². The average molecular weight is 532 g/mol. The summed E-state index contributed by atoms with van der Waals surface area (Å²) in [4.78, 5) is 33.5. The highest BCUT2D eigenvalue weighted by atomic mass is 32.1. The van der Waals surface area contributed by atoms with Crippen LogP contribution < -0.4 is 15.4 Å². The van der Waals surface area contributed by atoms with Crippen LogP contribution in [0.3, 0.4) is 0 Å². The monoisotopic (exact) mass is 531 g/mol. The number of anilines is 3. The van der Waals surface area contributed by atoms with Crippen LogP contribution in [0.1, 0.15) is 10.5 Å². The normalized spacial score (nSPS) is 13.7. The minimum atomic E-state index is -0.384. The topological polar surface area (TPSA) is 86.8 Å². The number of thiazole rings is 1. The van der Waals surface area contributed by atoms with Gasteiger partial charge in [0.1, 0.15) is 23.0 Å². The maximum Gasteiger partial charge on any atom is 0.273 e. The van der Waals surface area contributed by atoms with Crippen molar-refractivity contribution in [2.75, 3.05) is 43.4 Å². The fraction of sp³-hybridized carbons (Fsp3) is 0.179. The molecular weight excluding hydrogens is 505 g/mol. The molecule has 2 heterocycles. The second-order valence-corrected chi connectivity index (χ2v) is 9.56. The van der Waals surface area contributed by atoms with E-state index in [1.165, 1.54) is 17.4 Å². The standard InChI is InChI=1S/C28H26FN5O3S/c29-23-8-4-5-9-24(23)31-28-32-25(19-38-28)27(36)34-16-14-33(15-17-34)18-26(35)30-20-10-12-22(13-11-20)37-21-6-2-1-3-7-21/h1-13,19H,14-18H2,(H,30,35)(H,31,32). The Morgan fingerprint density at radius 3 is 2.32 bits per heavy atom. The predicted molar refractivity (Wildman–Crippen MR) is 146 cm³/mol. The number of piperazine rings is 1. The number of halogens is 1. The molecule has 1 aliphatic rings. The molecule has 38 heavy (non-hydrogen) atoms. The molecule has 0 spiro atoms. The van der Waals surface area contributed by atoms with E-state index in [4.69, 9.17) is 4.74 Å². The van der Waals surface area contributed by atoms with Crippen LogP contribution in [-0.4, -0.2) is 59.3 Å². The molecule has 3 aromatic carbocycles. The summed E-state index contributed by atoms with van der Waals surface area (Å²) in [5.74, 6) is 0.751. The van der Waals surface area contributed by atoms with Crippen LogP contribution in [0, 0.1) is 5.82 Å². The molecule has 0 bridgehead atoms. The largest absolute Gasteiger partial charge is 0.457 e. The molecule has 0 unspecified atom stereocenters. The van der Waals surface area contributed by atoms with Crippen LogP contribution in [0.15, 0.2) is 84.2 Å². The van der Waals surface area contributed by atoms with Gasteiger partial charge in [0, 0.05) is 37.2 Å². The van der Waals surface area contributed by atoms with Crippen LogP contribution in [0.4, 0.5) is 20.9 Å². The molecule has 8 nitrogen and oxygen atoms in total. The van der Waals surface area contributed by atoms with Gasteiger partial charge in [0.2, 0.25) is 5.91 Å². The van der Waals surface area contributed by atoms with E-state index in [0.717, 1.165) is 5.75 Å². The summed E-state index contributed by atoms with van der Waals surface area (Å²) in [5.41, 5.74) is 1.32. The van der Waals surface area contributed by atoms with Crippen LogP contribution in [0.5, 0.6) is 11.5 Å². The third-order valence-electron chi connectivity index (χ3n) is 5.98. The van der Waals surface area contributed by atoms with Crippen molar-refractivity contribution in [3.8, 4) is 11.5 Å². The van der Waals surface area contributed by atoms with Gasteiger partial charge in [-0.25, -0.2) is 9.37 Å². The molecule has 1 saturated heterocycles. The second-order valence-electron chi connectivity index (χ2n) is 8.70. The predicted octanol–water partition coefficient (Wildman–Crippen LogP) is 5.21. The number of benzene rings is 3. The zero-order valence-corrected chi connectivity index (χ0v) is 21.3. The summed E-state index contributed by atoms with van der Waals surface area (Å²) in [6.07, 6.45) is 0. The molecule has 194 valence electrons. The van der Waals surface area contributed by atoms with Crippen molar-refractivity contribution in [1.29, 1.82) is 0 Å². The molecule has 4 aromatic rings. The molecule has 0 saturated carbocycles. The number of amides is 2. The van der Waals surface area contributed by atoms with Gasteiger partial charge in [0.15, 0.2) is 5.13 Å². The Labute approximate surface area is 223 Å². The molecule has 0 radical (unpaired) electrons. The van der Waals surface area contributed by atoms with Crippen molar-refractivity contribution in [1.82, 2.24) is 14.8 Å². The third-order valence-corrected chi connectivity index (χ3v) is 6.74. The Balaban J connectivity index is 1.07. The third kappa shape index (κ3) is 6.53. The van der Waals surface area contributed by atoms with Crippen LogP contribution in [0.2, 0.25) is 0 Å². The average Bonchev–Trinajstić information content (AvgIpc) is 3.40. The number of hydrogen-bond donors (Lipinski definition) is 2. The van der Waals surface area contributed by atoms with E-state index >= 15 is 0 Å². The van der Waals surface area contributed by atoms with E-state index in [1.807, 2.05) is 47.4 Å². The summed E-state index contributed by atoms with van der Waals surface area (Å²) in [7, 11) is 0. The Kier molecular flexibility index (Phi) is 7.91. The number of aromatic nitrogens is 1. The molecule has 1 fully saturated rings. The fourth-order valence-electron chi connectivity index (χ4n) is 4.01. The Morgan fingerprint density at radius 1 is 0.895 bits per heavy atom. The smallest absolute Gasteiger partial charge is 0.273 e. The number of carbonyl (C=O) groups is 2. The van der Waals surface area contributed by atoms with Crippen LogP contribution in [-0.2, 0) is 4.79 Å². The number of hydrogen-bond acceptors (Lipinski definition) is 7. The van der Waals surface area contributed by atoms with Crippen LogP contribution >= 0.6 is 11.3 Å². The highest BCUT2D eigenvalue weighted by molar-refractivity contribution is 7.14. The molecule has 1 aliphatic heterocycles. The summed E-state index contributed by atoms with van der Waals surface area (Å²) < 4.78 is 19.6. The highest BCUT2D eigenvalue weighted by Gasteiger charge is 2.25. The number of nitrogens with zero attached hydrogens (tertiary/aromatic N) is 3. The van der Waals surface area contributed by atoms with E-state index in [2.05, 4.69) is 15.6 Å². The summed E-state index contributed by atoms with van der Waals surface area (Å²) in [6.45, 7) is 2.37. The van der Waals surface area contributed by atoms with Crippen molar-refractivity contribution in [3.05, 3.63) is 95.8 Å². The lowest BCUT2D eigenvalue weighted by atomic mass is 10.2. The molecule has 0 atom stereocenters. The van der Waals surface area contributed by atoms with Gasteiger partial charge in [-0.15, -0.1) is 11.3 Å². The number of para-hydroxylation sites is 2. The maximum atomic E-state index is 13.9. The van der Waals surface area contributed by atoms with Gasteiger partial charge in [-0.3, -0.25) is 14.5 Å². The van der Waals surface area contributed by atoms with Crippen LogP contribution in [0.25, 0.3) is 0 Å². The molecule has 2 amide bonds. The Morgan fingerprint density at radius 2 is 1.58 bits per heavy atom. The van der Waals surface area contributed by atoms with Gasteiger partial charge in [-0.05, 0) is 48.5 Å². The lowest BCUT2D eigenvalue weighted by molar-refractivity contribution is -0.117. The minimum Gasteiger partial charge on any atom is -0.457 e. The quantitative estimate of drug-likeness (QED) is 0.325. The molecule has 0 aliphatic carbocycles. The number of carbonyl (C=O) groups excluding carboxylic acids is 2. The van der Waals surface area contributed by atoms with Crippen molar-refractivity contribution in [2.24, 2.45) is 0 Å². The number of ether oxygens (including phenoxy) is 1. The van der Waals surface area contributed by atoms with Gasteiger partial charge in [-0.1, -0.05) is 30.3 Å². The van der Waals surface area contributed by atoms with Gasteiger partial charge in [0.25, 0.3) is 5.91 Å². The number of nitrogens with one attached hydrogen (secondary N) is 2. The highest BCUT2D eigenvalue weighted by Crippen LogP contribution is 2.24. The summed E-state index contributed by atoms with van der Waals surface area (Å²) >= 11 is 1.25. The lowest BCUT2D eigenvalue weighted by Gasteiger charge is -2.33. The first-order valence-electron chi connectivity index (χ1n) is 12.1. The van der Waals surface area contributed by atoms with Crippen molar-refractivity contribution >= 4 is 39.7 Å². The first-order chi connectivity index (χ1) is 18.5. The lowest BCUT2D eigenvalue weighted by Crippen LogP contribution is -2.50. The van der Waals surface area contributed by atoms with Gasteiger partial charge in [-0.2, -0.15) is 0 Å². The zero-order chi connectivity index (χ0) is 26.3. The van der Waals surface area contributed by atoms with E-state index in [-0.39, 0.29) is 24.2 Å². The van der Waals surface area contributed by atoms with E-state index in [1.54, 1.807) is 40.6 Å². The zero-order valence-electron chi connectivity index (χ0n) is 20.5. The molecule has 1 aromatic heterocycles.